The Morgan fingerprint density at radius 3 is 1.85 bits per heavy atom. The van der Waals surface area contributed by atoms with Crippen LogP contribution in [0.15, 0.2) is 0 Å². The molecule has 0 aliphatic heterocycles. The number of nitrogens with one attached hydrogen (secondary N) is 1. The highest BCUT2D eigenvalue weighted by atomic mass is 14.9. The first-order chi connectivity index (χ1) is 9.30. The highest BCUT2D eigenvalue weighted by Crippen LogP contribution is 2.45. The van der Waals surface area contributed by atoms with E-state index >= 15 is 0 Å². The zero-order valence-corrected chi connectivity index (χ0v) is 14.6. The largest absolute Gasteiger partial charge is 0.314 e. The molecule has 0 atom stereocenters. The van der Waals surface area contributed by atoms with Crippen LogP contribution in [0.2, 0.25) is 0 Å². The van der Waals surface area contributed by atoms with Gasteiger partial charge in [0.05, 0.1) is 0 Å². The summed E-state index contributed by atoms with van der Waals surface area (Å²) in [6, 6.07) is 0.748. The standard InChI is InChI=1S/C19H37N/c1-6-15-7-9-16(10-8-15)13-20-17-11-18(2,3)14-19(4,5)12-17/h15-17,20H,6-14H2,1-5H3. The summed E-state index contributed by atoms with van der Waals surface area (Å²) in [6.45, 7) is 13.4. The fourth-order valence-corrected chi connectivity index (χ4v) is 5.17. The second-order valence-corrected chi connectivity index (χ2v) is 9.31. The molecule has 2 saturated carbocycles. The van der Waals surface area contributed by atoms with Crippen LogP contribution < -0.4 is 5.32 Å². The summed E-state index contributed by atoms with van der Waals surface area (Å²) in [6.07, 6.45) is 11.4. The minimum absolute atomic E-state index is 0.513. The molecule has 0 aromatic carbocycles. The molecular weight excluding hydrogens is 242 g/mol. The molecule has 2 fully saturated rings. The maximum Gasteiger partial charge on any atom is 0.00773 e. The van der Waals surface area contributed by atoms with Gasteiger partial charge < -0.3 is 5.32 Å². The first-order valence-corrected chi connectivity index (χ1v) is 9.03. The Morgan fingerprint density at radius 1 is 0.850 bits per heavy atom. The lowest BCUT2D eigenvalue weighted by Crippen LogP contribution is -2.45. The smallest absolute Gasteiger partial charge is 0.00773 e. The normalized spacial score (nSPS) is 34.0. The molecule has 118 valence electrons. The molecule has 2 rings (SSSR count). The Hall–Kier alpha value is -0.0400. The number of hydrogen-bond acceptors (Lipinski definition) is 1. The fourth-order valence-electron chi connectivity index (χ4n) is 5.17. The number of rotatable bonds is 4. The minimum atomic E-state index is 0.513. The summed E-state index contributed by atoms with van der Waals surface area (Å²) in [5.41, 5.74) is 1.03. The molecule has 1 N–H and O–H groups in total. The van der Waals surface area contributed by atoms with Crippen molar-refractivity contribution in [1.82, 2.24) is 5.32 Å². The van der Waals surface area contributed by atoms with Crippen molar-refractivity contribution in [2.45, 2.75) is 92.0 Å². The Morgan fingerprint density at radius 2 is 1.35 bits per heavy atom. The van der Waals surface area contributed by atoms with E-state index in [0.29, 0.717) is 10.8 Å². The van der Waals surface area contributed by atoms with Gasteiger partial charge in [0.1, 0.15) is 0 Å². The Balaban J connectivity index is 1.76. The molecule has 0 spiro atoms. The summed E-state index contributed by atoms with van der Waals surface area (Å²) in [7, 11) is 0. The minimum Gasteiger partial charge on any atom is -0.314 e. The average molecular weight is 280 g/mol. The van der Waals surface area contributed by atoms with E-state index in [-0.39, 0.29) is 0 Å². The second kappa shape index (κ2) is 6.38. The molecule has 0 aromatic rings. The van der Waals surface area contributed by atoms with Gasteiger partial charge in [0.15, 0.2) is 0 Å². The van der Waals surface area contributed by atoms with Gasteiger partial charge in [0, 0.05) is 6.04 Å². The van der Waals surface area contributed by atoms with Crippen LogP contribution in [-0.2, 0) is 0 Å². The van der Waals surface area contributed by atoms with Crippen molar-refractivity contribution in [2.75, 3.05) is 6.54 Å². The van der Waals surface area contributed by atoms with Crippen molar-refractivity contribution < 1.29 is 0 Å². The molecule has 0 aromatic heterocycles. The monoisotopic (exact) mass is 279 g/mol. The second-order valence-electron chi connectivity index (χ2n) is 9.31. The van der Waals surface area contributed by atoms with Crippen molar-refractivity contribution in [3.63, 3.8) is 0 Å². The predicted molar refractivity (Wildman–Crippen MR) is 88.9 cm³/mol. The van der Waals surface area contributed by atoms with Crippen molar-refractivity contribution in [2.24, 2.45) is 22.7 Å². The van der Waals surface area contributed by atoms with Crippen LogP contribution in [0, 0.1) is 22.7 Å². The lowest BCUT2D eigenvalue weighted by Gasteiger charge is -2.45. The number of hydrogen-bond donors (Lipinski definition) is 1. The third kappa shape index (κ3) is 4.76. The van der Waals surface area contributed by atoms with Crippen LogP contribution in [0.4, 0.5) is 0 Å². The SMILES string of the molecule is CCC1CCC(CNC2CC(C)(C)CC(C)(C)C2)CC1. The molecular formula is C19H37N. The van der Waals surface area contributed by atoms with Gasteiger partial charge in [-0.1, -0.05) is 53.9 Å². The highest BCUT2D eigenvalue weighted by Gasteiger charge is 2.38. The molecule has 1 heteroatoms. The quantitative estimate of drug-likeness (QED) is 0.727. The molecule has 2 aliphatic carbocycles. The lowest BCUT2D eigenvalue weighted by atomic mass is 9.63. The third-order valence-electron chi connectivity index (χ3n) is 5.79. The maximum atomic E-state index is 3.94. The summed E-state index contributed by atoms with van der Waals surface area (Å²) in [5, 5.41) is 3.94. The van der Waals surface area contributed by atoms with E-state index < -0.39 is 0 Å². The van der Waals surface area contributed by atoms with Crippen LogP contribution in [0.25, 0.3) is 0 Å². The van der Waals surface area contributed by atoms with Gasteiger partial charge in [-0.25, -0.2) is 0 Å². The first kappa shape index (κ1) is 16.3. The van der Waals surface area contributed by atoms with Crippen molar-refractivity contribution in [3.8, 4) is 0 Å². The van der Waals surface area contributed by atoms with Gasteiger partial charge in [-0.2, -0.15) is 0 Å². The van der Waals surface area contributed by atoms with Gasteiger partial charge in [0.25, 0.3) is 0 Å². The highest BCUT2D eigenvalue weighted by molar-refractivity contribution is 4.92. The maximum absolute atomic E-state index is 3.94. The Kier molecular flexibility index (Phi) is 5.21. The van der Waals surface area contributed by atoms with E-state index in [0.717, 1.165) is 17.9 Å². The summed E-state index contributed by atoms with van der Waals surface area (Å²) < 4.78 is 0. The molecule has 0 radical (unpaired) electrons. The van der Waals surface area contributed by atoms with E-state index in [1.807, 2.05) is 0 Å². The average Bonchev–Trinajstić information content (AvgIpc) is 2.33. The lowest BCUT2D eigenvalue weighted by molar-refractivity contribution is 0.0818. The van der Waals surface area contributed by atoms with E-state index in [2.05, 4.69) is 39.9 Å². The van der Waals surface area contributed by atoms with Crippen molar-refractivity contribution in [3.05, 3.63) is 0 Å². The molecule has 0 bridgehead atoms. The van der Waals surface area contributed by atoms with Crippen molar-refractivity contribution >= 4 is 0 Å². The predicted octanol–water partition coefficient (Wildman–Crippen LogP) is 5.40. The molecule has 0 heterocycles. The van der Waals surface area contributed by atoms with Gasteiger partial charge >= 0.3 is 0 Å². The topological polar surface area (TPSA) is 12.0 Å². The molecule has 0 saturated heterocycles. The first-order valence-electron chi connectivity index (χ1n) is 9.03. The van der Waals surface area contributed by atoms with Gasteiger partial charge in [-0.15, -0.1) is 0 Å². The van der Waals surface area contributed by atoms with Gasteiger partial charge in [-0.05, 0) is 61.3 Å². The van der Waals surface area contributed by atoms with Crippen LogP contribution in [0.5, 0.6) is 0 Å². The summed E-state index contributed by atoms with van der Waals surface area (Å²) >= 11 is 0. The van der Waals surface area contributed by atoms with E-state index in [4.69, 9.17) is 0 Å². The Labute approximate surface area is 127 Å². The molecule has 20 heavy (non-hydrogen) atoms. The van der Waals surface area contributed by atoms with Gasteiger partial charge in [-0.3, -0.25) is 0 Å². The van der Waals surface area contributed by atoms with E-state index in [9.17, 15) is 0 Å². The van der Waals surface area contributed by atoms with Crippen molar-refractivity contribution in [1.29, 1.82) is 0 Å². The molecule has 0 unspecified atom stereocenters. The van der Waals surface area contributed by atoms with E-state index in [1.54, 1.807) is 0 Å². The summed E-state index contributed by atoms with van der Waals surface area (Å²) in [5.74, 6) is 1.98. The van der Waals surface area contributed by atoms with Crippen LogP contribution in [0.3, 0.4) is 0 Å². The fraction of sp³-hybridized carbons (Fsp3) is 1.00. The summed E-state index contributed by atoms with van der Waals surface area (Å²) in [4.78, 5) is 0. The zero-order chi connectivity index (χ0) is 14.8. The zero-order valence-electron chi connectivity index (χ0n) is 14.6. The third-order valence-corrected chi connectivity index (χ3v) is 5.79. The van der Waals surface area contributed by atoms with Gasteiger partial charge in [0.2, 0.25) is 0 Å². The van der Waals surface area contributed by atoms with Crippen LogP contribution >= 0.6 is 0 Å². The molecule has 1 nitrogen and oxygen atoms in total. The Bertz CT molecular complexity index is 281. The molecule has 2 aliphatic rings. The van der Waals surface area contributed by atoms with Crippen LogP contribution in [0.1, 0.15) is 86.0 Å². The van der Waals surface area contributed by atoms with E-state index in [1.165, 1.54) is 57.9 Å². The molecule has 0 amide bonds. The van der Waals surface area contributed by atoms with Crippen LogP contribution in [-0.4, -0.2) is 12.6 Å².